The molecule has 2 aromatic heterocycles. The van der Waals surface area contributed by atoms with Crippen molar-refractivity contribution in [3.8, 4) is 0 Å². The van der Waals surface area contributed by atoms with E-state index < -0.39 is 0 Å². The predicted octanol–water partition coefficient (Wildman–Crippen LogP) is 3.86. The summed E-state index contributed by atoms with van der Waals surface area (Å²) in [6.45, 7) is 5.41. The van der Waals surface area contributed by atoms with E-state index in [1.807, 2.05) is 18.3 Å². The van der Waals surface area contributed by atoms with Crippen LogP contribution in [0.25, 0.3) is 11.2 Å². The van der Waals surface area contributed by atoms with E-state index in [0.29, 0.717) is 18.4 Å². The van der Waals surface area contributed by atoms with E-state index in [1.165, 1.54) is 12.8 Å². The topological polar surface area (TPSA) is 59.8 Å². The van der Waals surface area contributed by atoms with Crippen LogP contribution in [0.5, 0.6) is 0 Å². The summed E-state index contributed by atoms with van der Waals surface area (Å²) in [6.07, 6.45) is 9.96. The summed E-state index contributed by atoms with van der Waals surface area (Å²) in [5.74, 6) is 1.89. The molecular formula is C20H30N4O. The Morgan fingerprint density at radius 1 is 1.36 bits per heavy atom. The van der Waals surface area contributed by atoms with Crippen molar-refractivity contribution >= 4 is 17.1 Å². The summed E-state index contributed by atoms with van der Waals surface area (Å²) < 4.78 is 2.24. The monoisotopic (exact) mass is 342 g/mol. The van der Waals surface area contributed by atoms with E-state index in [0.717, 1.165) is 55.6 Å². The summed E-state index contributed by atoms with van der Waals surface area (Å²) in [5, 5.41) is 3.17. The minimum Gasteiger partial charge on any atom is -0.353 e. The number of pyridine rings is 1. The number of rotatable bonds is 8. The van der Waals surface area contributed by atoms with Gasteiger partial charge in [0.15, 0.2) is 5.65 Å². The van der Waals surface area contributed by atoms with E-state index in [2.05, 4.69) is 28.7 Å². The number of imidazole rings is 1. The van der Waals surface area contributed by atoms with Gasteiger partial charge in [0.1, 0.15) is 11.3 Å². The van der Waals surface area contributed by atoms with Crippen LogP contribution in [0.3, 0.4) is 0 Å². The summed E-state index contributed by atoms with van der Waals surface area (Å²) >= 11 is 0. The zero-order chi connectivity index (χ0) is 17.6. The summed E-state index contributed by atoms with van der Waals surface area (Å²) in [5.41, 5.74) is 1.92. The fourth-order valence-electron chi connectivity index (χ4n) is 3.60. The quantitative estimate of drug-likeness (QED) is 0.792. The Morgan fingerprint density at radius 2 is 2.16 bits per heavy atom. The molecule has 0 bridgehead atoms. The lowest BCUT2D eigenvalue weighted by Gasteiger charge is -2.12. The SMILES string of the molecule is CC(C)CCn1c(CCCC(=O)NC2CCCC2)nc2cccnc21. The predicted molar refractivity (Wildman–Crippen MR) is 100 cm³/mol. The smallest absolute Gasteiger partial charge is 0.220 e. The number of nitrogens with one attached hydrogen (secondary N) is 1. The van der Waals surface area contributed by atoms with Crippen molar-refractivity contribution in [2.75, 3.05) is 0 Å². The van der Waals surface area contributed by atoms with E-state index >= 15 is 0 Å². The highest BCUT2D eigenvalue weighted by molar-refractivity contribution is 5.76. The minimum absolute atomic E-state index is 0.190. The van der Waals surface area contributed by atoms with Crippen molar-refractivity contribution in [2.24, 2.45) is 5.92 Å². The highest BCUT2D eigenvalue weighted by Gasteiger charge is 2.17. The van der Waals surface area contributed by atoms with Crippen molar-refractivity contribution in [1.82, 2.24) is 19.9 Å². The average molecular weight is 342 g/mol. The van der Waals surface area contributed by atoms with E-state index in [4.69, 9.17) is 4.98 Å². The molecule has 1 saturated carbocycles. The summed E-state index contributed by atoms with van der Waals surface area (Å²) in [4.78, 5) is 21.4. The third kappa shape index (κ3) is 4.80. The maximum atomic E-state index is 12.1. The molecule has 3 rings (SSSR count). The second-order valence-corrected chi connectivity index (χ2v) is 7.61. The Morgan fingerprint density at radius 3 is 2.92 bits per heavy atom. The van der Waals surface area contributed by atoms with Crippen LogP contribution in [-0.4, -0.2) is 26.5 Å². The molecule has 0 radical (unpaired) electrons. The van der Waals surface area contributed by atoms with Crippen LogP contribution in [0.4, 0.5) is 0 Å². The Bertz CT molecular complexity index is 701. The molecule has 2 heterocycles. The number of amides is 1. The Hall–Kier alpha value is -1.91. The molecule has 0 aliphatic heterocycles. The Kier molecular flexibility index (Phi) is 6.05. The van der Waals surface area contributed by atoms with Crippen molar-refractivity contribution in [3.05, 3.63) is 24.2 Å². The molecular weight excluding hydrogens is 312 g/mol. The van der Waals surface area contributed by atoms with Gasteiger partial charge < -0.3 is 9.88 Å². The molecule has 0 unspecified atom stereocenters. The van der Waals surface area contributed by atoms with Gasteiger partial charge in [-0.2, -0.15) is 0 Å². The third-order valence-electron chi connectivity index (χ3n) is 5.04. The molecule has 0 aromatic carbocycles. The molecule has 1 fully saturated rings. The average Bonchev–Trinajstić information content (AvgIpc) is 3.20. The Balaban J connectivity index is 1.59. The van der Waals surface area contributed by atoms with Gasteiger partial charge in [-0.3, -0.25) is 4.79 Å². The number of fused-ring (bicyclic) bond motifs is 1. The van der Waals surface area contributed by atoms with Gasteiger partial charge in [0.2, 0.25) is 5.91 Å². The van der Waals surface area contributed by atoms with Crippen molar-refractivity contribution in [2.45, 2.75) is 77.8 Å². The fraction of sp³-hybridized carbons (Fsp3) is 0.650. The Labute approximate surface area is 150 Å². The van der Waals surface area contributed by atoms with E-state index in [1.54, 1.807) is 0 Å². The normalized spacial score (nSPS) is 15.3. The van der Waals surface area contributed by atoms with Crippen LogP contribution >= 0.6 is 0 Å². The molecule has 0 saturated heterocycles. The number of nitrogens with zero attached hydrogens (tertiary/aromatic N) is 3. The van der Waals surface area contributed by atoms with Crippen LogP contribution in [0.2, 0.25) is 0 Å². The molecule has 25 heavy (non-hydrogen) atoms. The highest BCUT2D eigenvalue weighted by Crippen LogP contribution is 2.19. The molecule has 5 heteroatoms. The van der Waals surface area contributed by atoms with Crippen molar-refractivity contribution < 1.29 is 4.79 Å². The molecule has 2 aromatic rings. The molecule has 1 amide bonds. The largest absolute Gasteiger partial charge is 0.353 e. The zero-order valence-electron chi connectivity index (χ0n) is 15.5. The van der Waals surface area contributed by atoms with Gasteiger partial charge in [-0.1, -0.05) is 26.7 Å². The van der Waals surface area contributed by atoms with Gasteiger partial charge in [-0.15, -0.1) is 0 Å². The fourth-order valence-corrected chi connectivity index (χ4v) is 3.60. The van der Waals surface area contributed by atoms with Crippen LogP contribution in [0.1, 0.15) is 64.6 Å². The first kappa shape index (κ1) is 17.9. The first-order chi connectivity index (χ1) is 12.1. The summed E-state index contributed by atoms with van der Waals surface area (Å²) in [7, 11) is 0. The van der Waals surface area contributed by atoms with Crippen LogP contribution in [0, 0.1) is 5.92 Å². The first-order valence-electron chi connectivity index (χ1n) is 9.73. The van der Waals surface area contributed by atoms with Gasteiger partial charge in [0, 0.05) is 31.6 Å². The third-order valence-corrected chi connectivity index (χ3v) is 5.04. The number of hydrogen-bond acceptors (Lipinski definition) is 3. The zero-order valence-corrected chi connectivity index (χ0v) is 15.5. The van der Waals surface area contributed by atoms with Crippen LogP contribution < -0.4 is 5.32 Å². The second kappa shape index (κ2) is 8.45. The van der Waals surface area contributed by atoms with Gasteiger partial charge in [0.25, 0.3) is 0 Å². The molecule has 136 valence electrons. The van der Waals surface area contributed by atoms with Crippen LogP contribution in [0.15, 0.2) is 18.3 Å². The van der Waals surface area contributed by atoms with Crippen molar-refractivity contribution in [1.29, 1.82) is 0 Å². The molecule has 1 N–H and O–H groups in total. The lowest BCUT2D eigenvalue weighted by atomic mass is 10.1. The summed E-state index contributed by atoms with van der Waals surface area (Å²) in [6, 6.07) is 4.36. The molecule has 0 atom stereocenters. The number of carbonyl (C=O) groups is 1. The van der Waals surface area contributed by atoms with Gasteiger partial charge in [0.05, 0.1) is 0 Å². The number of carbonyl (C=O) groups excluding carboxylic acids is 1. The maximum Gasteiger partial charge on any atom is 0.220 e. The molecule has 1 aliphatic carbocycles. The molecule has 5 nitrogen and oxygen atoms in total. The number of hydrogen-bond donors (Lipinski definition) is 1. The van der Waals surface area contributed by atoms with Gasteiger partial charge in [-0.25, -0.2) is 9.97 Å². The number of aromatic nitrogens is 3. The molecule has 1 aliphatic rings. The standard InChI is InChI=1S/C20H30N4O/c1-15(2)12-14-24-18(23-17-9-6-13-21-20(17)24)10-5-11-19(25)22-16-7-3-4-8-16/h6,9,13,15-16H,3-5,7-8,10-12,14H2,1-2H3,(H,22,25). The minimum atomic E-state index is 0.190. The van der Waals surface area contributed by atoms with E-state index in [9.17, 15) is 4.79 Å². The highest BCUT2D eigenvalue weighted by atomic mass is 16.1. The van der Waals surface area contributed by atoms with Crippen LogP contribution in [-0.2, 0) is 17.8 Å². The first-order valence-corrected chi connectivity index (χ1v) is 9.73. The van der Waals surface area contributed by atoms with E-state index in [-0.39, 0.29) is 5.91 Å². The van der Waals surface area contributed by atoms with Gasteiger partial charge in [-0.05, 0) is 43.7 Å². The number of aryl methyl sites for hydroxylation is 2. The molecule has 0 spiro atoms. The van der Waals surface area contributed by atoms with Gasteiger partial charge >= 0.3 is 0 Å². The van der Waals surface area contributed by atoms with Crippen molar-refractivity contribution in [3.63, 3.8) is 0 Å². The second-order valence-electron chi connectivity index (χ2n) is 7.61. The maximum absolute atomic E-state index is 12.1. The lowest BCUT2D eigenvalue weighted by molar-refractivity contribution is -0.121. The lowest BCUT2D eigenvalue weighted by Crippen LogP contribution is -2.32.